The second-order valence-electron chi connectivity index (χ2n) is 13.3. The summed E-state index contributed by atoms with van der Waals surface area (Å²) in [4.78, 5) is 23.4. The van der Waals surface area contributed by atoms with Gasteiger partial charge in [-0.15, -0.1) is 0 Å². The smallest absolute Gasteiger partial charge is 0.254 e. The Labute approximate surface area is 294 Å². The number of benzene rings is 3. The van der Waals surface area contributed by atoms with Crippen LogP contribution in [0.4, 0.5) is 10.3 Å². The van der Waals surface area contributed by atoms with Crippen molar-refractivity contribution in [2.45, 2.75) is 57.0 Å². The number of fused-ring (bicyclic) bond motifs is 1. The van der Waals surface area contributed by atoms with E-state index in [0.717, 1.165) is 80.8 Å². The van der Waals surface area contributed by atoms with Crippen LogP contribution in [0.1, 0.15) is 54.9 Å². The van der Waals surface area contributed by atoms with Gasteiger partial charge in [0.05, 0.1) is 39.0 Å². The molecule has 50 heavy (non-hydrogen) atoms. The topological polar surface area (TPSA) is 90.3 Å². The molecule has 2 fully saturated rings. The lowest BCUT2D eigenvalue weighted by Gasteiger charge is -2.45. The molecule has 0 bridgehead atoms. The first-order valence-electron chi connectivity index (χ1n) is 17.7. The van der Waals surface area contributed by atoms with E-state index in [1.165, 1.54) is 12.1 Å². The number of rotatable bonds is 14. The summed E-state index contributed by atoms with van der Waals surface area (Å²) in [5.74, 6) is 1.89. The zero-order valence-electron chi connectivity index (χ0n) is 29.8. The van der Waals surface area contributed by atoms with Crippen LogP contribution in [0.3, 0.4) is 0 Å². The number of carbonyl (C=O) groups is 1. The lowest BCUT2D eigenvalue weighted by molar-refractivity contribution is 0.0606. The Hall–Kier alpha value is -4.35. The largest absolute Gasteiger partial charge is 0.493 e. The molecular formula is C39H50FN5O5. The van der Waals surface area contributed by atoms with Gasteiger partial charge in [-0.05, 0) is 87.5 Å². The first-order valence-corrected chi connectivity index (χ1v) is 17.7. The number of hydrogen-bond donors (Lipinski definition) is 1. The van der Waals surface area contributed by atoms with Gasteiger partial charge in [-0.3, -0.25) is 4.79 Å². The van der Waals surface area contributed by atoms with Crippen molar-refractivity contribution in [3.05, 3.63) is 77.6 Å². The Balaban J connectivity index is 1.14. The van der Waals surface area contributed by atoms with Crippen molar-refractivity contribution in [3.8, 4) is 17.2 Å². The third-order valence-electron chi connectivity index (χ3n) is 10.4. The quantitative estimate of drug-likeness (QED) is 0.153. The molecule has 1 atom stereocenters. The van der Waals surface area contributed by atoms with Crippen LogP contribution in [0.5, 0.6) is 17.2 Å². The number of para-hydroxylation sites is 2. The maximum atomic E-state index is 14.1. The van der Waals surface area contributed by atoms with Crippen molar-refractivity contribution in [3.63, 3.8) is 0 Å². The van der Waals surface area contributed by atoms with Crippen LogP contribution in [0.25, 0.3) is 11.0 Å². The Kier molecular flexibility index (Phi) is 11.4. The molecule has 1 amide bonds. The van der Waals surface area contributed by atoms with Gasteiger partial charge in [-0.25, -0.2) is 9.37 Å². The average Bonchev–Trinajstić information content (AvgIpc) is 3.50. The van der Waals surface area contributed by atoms with Gasteiger partial charge in [-0.2, -0.15) is 0 Å². The predicted octanol–water partition coefficient (Wildman–Crippen LogP) is 6.38. The number of nitrogens with zero attached hydrogens (tertiary/aromatic N) is 4. The van der Waals surface area contributed by atoms with Crippen LogP contribution in [0.15, 0.2) is 60.7 Å². The third-order valence-corrected chi connectivity index (χ3v) is 10.4. The Morgan fingerprint density at radius 3 is 2.36 bits per heavy atom. The SMILES string of the molecule is CCOCCn1c(NC2CCN(CCC3(c4ccc(F)cc4)CCCN(C(=O)c4cc(OC)c(OC)c(OC)c4)C3)CC2)nc2ccccc21. The molecule has 1 aromatic heterocycles. The van der Waals surface area contributed by atoms with E-state index in [1.54, 1.807) is 33.5 Å². The van der Waals surface area contributed by atoms with Crippen LogP contribution in [-0.4, -0.2) is 98.6 Å². The van der Waals surface area contributed by atoms with E-state index in [-0.39, 0.29) is 17.1 Å². The number of carbonyl (C=O) groups excluding carboxylic acids is 1. The summed E-state index contributed by atoms with van der Waals surface area (Å²) in [5.41, 5.74) is 3.35. The van der Waals surface area contributed by atoms with E-state index in [4.69, 9.17) is 23.9 Å². The van der Waals surface area contributed by atoms with Crippen molar-refractivity contribution >= 4 is 22.9 Å². The average molecular weight is 688 g/mol. The highest BCUT2D eigenvalue weighted by atomic mass is 19.1. The van der Waals surface area contributed by atoms with Crippen LogP contribution < -0.4 is 19.5 Å². The van der Waals surface area contributed by atoms with Gasteiger partial charge < -0.3 is 38.6 Å². The molecule has 0 spiro atoms. The zero-order chi connectivity index (χ0) is 35.1. The molecule has 1 unspecified atom stereocenters. The number of hydrogen-bond acceptors (Lipinski definition) is 8. The second kappa shape index (κ2) is 16.1. The van der Waals surface area contributed by atoms with Crippen LogP contribution in [0, 0.1) is 5.82 Å². The summed E-state index contributed by atoms with van der Waals surface area (Å²) >= 11 is 0. The Bertz CT molecular complexity index is 1710. The number of likely N-dealkylation sites (tertiary alicyclic amines) is 2. The van der Waals surface area contributed by atoms with Gasteiger partial charge >= 0.3 is 0 Å². The standard InChI is InChI=1S/C39H50FN5O5/c1-5-50-24-23-45-33-10-7-6-9-32(33)42-38(45)41-31-15-20-43(21-16-31)22-18-39(29-11-13-30(40)14-12-29)17-8-19-44(27-39)37(46)28-25-34(47-2)36(49-4)35(26-28)48-3/h6-7,9-14,25-26,31H,5,8,15-24,27H2,1-4H3,(H,41,42). The van der Waals surface area contributed by atoms with Gasteiger partial charge in [-0.1, -0.05) is 24.3 Å². The molecule has 2 saturated heterocycles. The molecule has 268 valence electrons. The molecule has 0 radical (unpaired) electrons. The first kappa shape index (κ1) is 35.5. The van der Waals surface area contributed by atoms with Gasteiger partial charge in [0, 0.05) is 56.4 Å². The minimum absolute atomic E-state index is 0.0883. The fourth-order valence-electron chi connectivity index (χ4n) is 7.65. The maximum absolute atomic E-state index is 14.1. The second-order valence-corrected chi connectivity index (χ2v) is 13.3. The van der Waals surface area contributed by atoms with E-state index in [2.05, 4.69) is 33.0 Å². The first-order chi connectivity index (χ1) is 24.4. The van der Waals surface area contributed by atoms with Crippen molar-refractivity contribution in [1.29, 1.82) is 0 Å². The van der Waals surface area contributed by atoms with Crippen molar-refractivity contribution < 1.29 is 28.1 Å². The summed E-state index contributed by atoms with van der Waals surface area (Å²) in [5, 5.41) is 3.75. The number of methoxy groups -OCH3 is 3. The summed E-state index contributed by atoms with van der Waals surface area (Å²) in [6.45, 7) is 8.11. The van der Waals surface area contributed by atoms with Gasteiger partial charge in [0.25, 0.3) is 5.91 Å². The highest BCUT2D eigenvalue weighted by Gasteiger charge is 2.39. The van der Waals surface area contributed by atoms with E-state index < -0.39 is 0 Å². The van der Waals surface area contributed by atoms with Crippen molar-refractivity contribution in [1.82, 2.24) is 19.4 Å². The summed E-state index contributed by atoms with van der Waals surface area (Å²) in [7, 11) is 4.64. The molecule has 6 rings (SSSR count). The normalized spacial score (nSPS) is 18.7. The van der Waals surface area contributed by atoms with Crippen LogP contribution in [0.2, 0.25) is 0 Å². The monoisotopic (exact) mass is 687 g/mol. The molecule has 0 aliphatic carbocycles. The van der Waals surface area contributed by atoms with Crippen LogP contribution in [-0.2, 0) is 16.7 Å². The van der Waals surface area contributed by atoms with Crippen molar-refractivity contribution in [2.24, 2.45) is 0 Å². The van der Waals surface area contributed by atoms with Gasteiger partial charge in [0.1, 0.15) is 5.82 Å². The highest BCUT2D eigenvalue weighted by Crippen LogP contribution is 2.41. The summed E-state index contributed by atoms with van der Waals surface area (Å²) in [6.07, 6.45) is 4.65. The van der Waals surface area contributed by atoms with E-state index in [9.17, 15) is 9.18 Å². The summed E-state index contributed by atoms with van der Waals surface area (Å²) < 4.78 is 38.6. The van der Waals surface area contributed by atoms with E-state index >= 15 is 0 Å². The number of ether oxygens (including phenoxy) is 4. The van der Waals surface area contributed by atoms with E-state index in [0.29, 0.717) is 55.2 Å². The Morgan fingerprint density at radius 1 is 0.960 bits per heavy atom. The summed E-state index contributed by atoms with van der Waals surface area (Å²) in [6, 6.07) is 18.9. The number of aromatic nitrogens is 2. The van der Waals surface area contributed by atoms with Gasteiger partial charge in [0.2, 0.25) is 11.7 Å². The minimum Gasteiger partial charge on any atom is -0.493 e. The zero-order valence-corrected chi connectivity index (χ0v) is 29.8. The molecule has 0 saturated carbocycles. The highest BCUT2D eigenvalue weighted by molar-refractivity contribution is 5.96. The van der Waals surface area contributed by atoms with Crippen molar-refractivity contribution in [2.75, 3.05) is 72.6 Å². The number of piperidine rings is 2. The molecule has 3 aromatic carbocycles. The molecule has 4 aromatic rings. The number of imidazole rings is 1. The molecule has 11 heteroatoms. The fraction of sp³-hybridized carbons (Fsp3) is 0.487. The molecular weight excluding hydrogens is 637 g/mol. The van der Waals surface area contributed by atoms with Gasteiger partial charge in [0.15, 0.2) is 11.5 Å². The number of amides is 1. The molecule has 1 N–H and O–H groups in total. The van der Waals surface area contributed by atoms with E-state index in [1.807, 2.05) is 30.0 Å². The lowest BCUT2D eigenvalue weighted by Crippen LogP contribution is -2.50. The maximum Gasteiger partial charge on any atom is 0.254 e. The predicted molar refractivity (Wildman–Crippen MR) is 193 cm³/mol. The van der Waals surface area contributed by atoms with Crippen LogP contribution >= 0.6 is 0 Å². The molecule has 2 aliphatic heterocycles. The fourth-order valence-corrected chi connectivity index (χ4v) is 7.65. The number of nitrogens with one attached hydrogen (secondary N) is 1. The minimum atomic E-state index is -0.303. The number of halogens is 1. The molecule has 2 aliphatic rings. The number of anilines is 1. The molecule has 3 heterocycles. The lowest BCUT2D eigenvalue weighted by atomic mass is 9.71. The molecule has 10 nitrogen and oxygen atoms in total. The third kappa shape index (κ3) is 7.68. The Morgan fingerprint density at radius 2 is 1.68 bits per heavy atom.